The van der Waals surface area contributed by atoms with Crippen molar-refractivity contribution >= 4 is 11.8 Å². The molecule has 7 heteroatoms. The number of hydrogen-bond acceptors (Lipinski definition) is 5. The monoisotopic (exact) mass is 309 g/mol. The quantitative estimate of drug-likeness (QED) is 0.863. The van der Waals surface area contributed by atoms with E-state index in [0.717, 1.165) is 17.0 Å². The molecule has 2 amide bonds. The zero-order valence-electron chi connectivity index (χ0n) is 13.3. The van der Waals surface area contributed by atoms with Gasteiger partial charge in [-0.3, -0.25) is 9.59 Å². The average Bonchev–Trinajstić information content (AvgIpc) is 2.83. The summed E-state index contributed by atoms with van der Waals surface area (Å²) in [5, 5.41) is 13.2. The number of amides is 2. The molecule has 1 atom stereocenters. The Morgan fingerprint density at radius 3 is 2.32 bits per heavy atom. The summed E-state index contributed by atoms with van der Waals surface area (Å²) in [6, 6.07) is 0. The fraction of sp³-hybridized carbons (Fsp3) is 0.667. The van der Waals surface area contributed by atoms with E-state index in [9.17, 15) is 14.7 Å². The number of aryl methyl sites for hydroxylation is 2. The van der Waals surface area contributed by atoms with Crippen molar-refractivity contribution in [1.29, 1.82) is 0 Å². The molecule has 1 saturated heterocycles. The van der Waals surface area contributed by atoms with Crippen molar-refractivity contribution in [2.45, 2.75) is 39.7 Å². The molecule has 122 valence electrons. The standard InChI is InChI=1S/C15H23N3O4/c1-10-13(12(3)22-16-10)4-5-14(20)17-6-8-18(9-7-17)15(21)11(2)19/h11,19H,4-9H2,1-3H3. The lowest BCUT2D eigenvalue weighted by molar-refractivity contribution is -0.144. The number of aliphatic hydroxyl groups excluding tert-OH is 1. The van der Waals surface area contributed by atoms with Crippen molar-refractivity contribution in [3.05, 3.63) is 17.0 Å². The molecule has 1 aliphatic heterocycles. The van der Waals surface area contributed by atoms with Crippen molar-refractivity contribution in [3.8, 4) is 0 Å². The molecule has 7 nitrogen and oxygen atoms in total. The lowest BCUT2D eigenvalue weighted by Crippen LogP contribution is -2.52. The van der Waals surface area contributed by atoms with Gasteiger partial charge in [-0.1, -0.05) is 5.16 Å². The van der Waals surface area contributed by atoms with E-state index in [0.29, 0.717) is 39.0 Å². The minimum Gasteiger partial charge on any atom is -0.384 e. The number of hydrogen-bond donors (Lipinski definition) is 1. The Morgan fingerprint density at radius 1 is 1.23 bits per heavy atom. The second-order valence-corrected chi connectivity index (χ2v) is 5.68. The molecule has 1 N–H and O–H groups in total. The normalized spacial score (nSPS) is 16.7. The summed E-state index contributed by atoms with van der Waals surface area (Å²) >= 11 is 0. The molecule has 2 heterocycles. The number of aliphatic hydroxyl groups is 1. The number of piperazine rings is 1. The van der Waals surface area contributed by atoms with Crippen molar-refractivity contribution in [2.75, 3.05) is 26.2 Å². The lowest BCUT2D eigenvalue weighted by atomic mass is 10.1. The molecule has 1 aromatic heterocycles. The summed E-state index contributed by atoms with van der Waals surface area (Å²) < 4.78 is 5.09. The van der Waals surface area contributed by atoms with Gasteiger partial charge in [0.15, 0.2) is 0 Å². The molecule has 1 aromatic rings. The van der Waals surface area contributed by atoms with Gasteiger partial charge < -0.3 is 19.4 Å². The number of rotatable bonds is 4. The highest BCUT2D eigenvalue weighted by atomic mass is 16.5. The Hall–Kier alpha value is -1.89. The lowest BCUT2D eigenvalue weighted by Gasteiger charge is -2.35. The Morgan fingerprint density at radius 2 is 1.82 bits per heavy atom. The van der Waals surface area contributed by atoms with E-state index >= 15 is 0 Å². The van der Waals surface area contributed by atoms with Gasteiger partial charge in [-0.05, 0) is 27.2 Å². The zero-order valence-corrected chi connectivity index (χ0v) is 13.3. The van der Waals surface area contributed by atoms with E-state index in [4.69, 9.17) is 4.52 Å². The van der Waals surface area contributed by atoms with E-state index in [1.54, 1.807) is 9.80 Å². The predicted molar refractivity (Wildman–Crippen MR) is 79.1 cm³/mol. The first-order valence-electron chi connectivity index (χ1n) is 7.56. The maximum atomic E-state index is 12.2. The number of carbonyl (C=O) groups excluding carboxylic acids is 2. The molecule has 2 rings (SSSR count). The van der Waals surface area contributed by atoms with Crippen LogP contribution < -0.4 is 0 Å². The van der Waals surface area contributed by atoms with Gasteiger partial charge in [0.05, 0.1) is 5.69 Å². The first kappa shape index (κ1) is 16.5. The van der Waals surface area contributed by atoms with E-state index < -0.39 is 6.10 Å². The highest BCUT2D eigenvalue weighted by Gasteiger charge is 2.26. The largest absolute Gasteiger partial charge is 0.384 e. The molecule has 22 heavy (non-hydrogen) atoms. The third-order valence-corrected chi connectivity index (χ3v) is 4.07. The van der Waals surface area contributed by atoms with Gasteiger partial charge in [0, 0.05) is 38.2 Å². The van der Waals surface area contributed by atoms with E-state index in [1.807, 2.05) is 13.8 Å². The van der Waals surface area contributed by atoms with Crippen molar-refractivity contribution in [1.82, 2.24) is 15.0 Å². The van der Waals surface area contributed by atoms with Crippen LogP contribution >= 0.6 is 0 Å². The Bertz CT molecular complexity index is 525. The van der Waals surface area contributed by atoms with Crippen molar-refractivity contribution in [3.63, 3.8) is 0 Å². The minimum atomic E-state index is -0.984. The van der Waals surface area contributed by atoms with Crippen molar-refractivity contribution in [2.24, 2.45) is 0 Å². The highest BCUT2D eigenvalue weighted by Crippen LogP contribution is 2.15. The number of aromatic nitrogens is 1. The van der Waals surface area contributed by atoms with Crippen LogP contribution in [0.1, 0.15) is 30.4 Å². The van der Waals surface area contributed by atoms with Crippen LogP contribution in [0.2, 0.25) is 0 Å². The number of nitrogens with zero attached hydrogens (tertiary/aromatic N) is 3. The molecular formula is C15H23N3O4. The third-order valence-electron chi connectivity index (χ3n) is 4.07. The summed E-state index contributed by atoms with van der Waals surface area (Å²) in [5.74, 6) is 0.560. The second kappa shape index (κ2) is 6.91. The topological polar surface area (TPSA) is 86.9 Å². The molecular weight excluding hydrogens is 286 g/mol. The average molecular weight is 309 g/mol. The fourth-order valence-corrected chi connectivity index (χ4v) is 2.69. The molecule has 0 radical (unpaired) electrons. The maximum absolute atomic E-state index is 12.2. The first-order valence-corrected chi connectivity index (χ1v) is 7.56. The summed E-state index contributed by atoms with van der Waals surface area (Å²) in [5.41, 5.74) is 1.83. The molecule has 0 saturated carbocycles. The van der Waals surface area contributed by atoms with Gasteiger partial charge in [0.1, 0.15) is 11.9 Å². The molecule has 1 unspecified atom stereocenters. The zero-order chi connectivity index (χ0) is 16.3. The summed E-state index contributed by atoms with van der Waals surface area (Å²) in [6.07, 6.45) is 0.0434. The molecule has 1 fully saturated rings. The maximum Gasteiger partial charge on any atom is 0.251 e. The number of carbonyl (C=O) groups is 2. The Kier molecular flexibility index (Phi) is 5.18. The van der Waals surface area contributed by atoms with Gasteiger partial charge >= 0.3 is 0 Å². The summed E-state index contributed by atoms with van der Waals surface area (Å²) in [7, 11) is 0. The molecule has 0 aromatic carbocycles. The van der Waals surface area contributed by atoms with E-state index in [-0.39, 0.29) is 11.8 Å². The van der Waals surface area contributed by atoms with Crippen LogP contribution in [0.5, 0.6) is 0 Å². The van der Waals surface area contributed by atoms with Crippen LogP contribution in [-0.2, 0) is 16.0 Å². The van der Waals surface area contributed by atoms with E-state index in [1.165, 1.54) is 6.92 Å². The Balaban J connectivity index is 1.82. The predicted octanol–water partition coefficient (Wildman–Crippen LogP) is 0.276. The highest BCUT2D eigenvalue weighted by molar-refractivity contribution is 5.81. The molecule has 0 bridgehead atoms. The van der Waals surface area contributed by atoms with Gasteiger partial charge in [0.2, 0.25) is 5.91 Å². The van der Waals surface area contributed by atoms with Crippen LogP contribution in [0.4, 0.5) is 0 Å². The van der Waals surface area contributed by atoms with Crippen LogP contribution in [0.3, 0.4) is 0 Å². The van der Waals surface area contributed by atoms with Crippen LogP contribution in [0.15, 0.2) is 4.52 Å². The molecule has 1 aliphatic rings. The fourth-order valence-electron chi connectivity index (χ4n) is 2.69. The summed E-state index contributed by atoms with van der Waals surface area (Å²) in [6.45, 7) is 7.15. The van der Waals surface area contributed by atoms with Gasteiger partial charge in [0.25, 0.3) is 5.91 Å². The Labute approximate surface area is 129 Å². The third kappa shape index (κ3) is 3.65. The van der Waals surface area contributed by atoms with Crippen LogP contribution in [-0.4, -0.2) is 64.2 Å². The SMILES string of the molecule is Cc1noc(C)c1CCC(=O)N1CCN(C(=O)C(C)O)CC1. The van der Waals surface area contributed by atoms with Gasteiger partial charge in [-0.15, -0.1) is 0 Å². The van der Waals surface area contributed by atoms with Gasteiger partial charge in [-0.2, -0.15) is 0 Å². The van der Waals surface area contributed by atoms with E-state index in [2.05, 4.69) is 5.16 Å². The van der Waals surface area contributed by atoms with Crippen molar-refractivity contribution < 1.29 is 19.2 Å². The smallest absolute Gasteiger partial charge is 0.251 e. The minimum absolute atomic E-state index is 0.0733. The molecule has 0 aliphatic carbocycles. The summed E-state index contributed by atoms with van der Waals surface area (Å²) in [4.78, 5) is 27.3. The van der Waals surface area contributed by atoms with Crippen LogP contribution in [0.25, 0.3) is 0 Å². The second-order valence-electron chi connectivity index (χ2n) is 5.68. The van der Waals surface area contributed by atoms with Gasteiger partial charge in [-0.25, -0.2) is 0 Å². The van der Waals surface area contributed by atoms with Crippen LogP contribution in [0, 0.1) is 13.8 Å². The first-order chi connectivity index (χ1) is 10.4. The molecule has 0 spiro atoms.